The molecule has 2 aliphatic heterocycles. The maximum atomic E-state index is 11.5. The molecule has 0 radical (unpaired) electrons. The van der Waals surface area contributed by atoms with Gasteiger partial charge in [-0.1, -0.05) is 27.7 Å². The first-order chi connectivity index (χ1) is 14.7. The minimum atomic E-state index is -0.981. The van der Waals surface area contributed by atoms with E-state index in [1.54, 1.807) is 0 Å². The average Bonchev–Trinajstić information content (AvgIpc) is 2.99. The van der Waals surface area contributed by atoms with Crippen LogP contribution in [0.15, 0.2) is 0 Å². The van der Waals surface area contributed by atoms with Gasteiger partial charge < -0.3 is 20.3 Å². The van der Waals surface area contributed by atoms with E-state index in [-0.39, 0.29) is 18.2 Å². The van der Waals surface area contributed by atoms with Crippen LogP contribution in [0, 0.1) is 52.3 Å². The maximum absolute atomic E-state index is 11.5. The zero-order valence-corrected chi connectivity index (χ0v) is 20.1. The summed E-state index contributed by atoms with van der Waals surface area (Å²) in [6.07, 6.45) is 10.7. The number of piperidine rings is 1. The van der Waals surface area contributed by atoms with Gasteiger partial charge in [-0.05, 0) is 110 Å². The van der Waals surface area contributed by atoms with Gasteiger partial charge in [-0.2, -0.15) is 0 Å². The van der Waals surface area contributed by atoms with E-state index in [0.29, 0.717) is 28.6 Å². The molecular weight excluding hydrogens is 386 g/mol. The molecule has 2 saturated heterocycles. The molecule has 6 fully saturated rings. The molecule has 0 amide bonds. The zero-order valence-electron chi connectivity index (χ0n) is 20.1. The van der Waals surface area contributed by atoms with E-state index in [9.17, 15) is 10.2 Å². The first kappa shape index (κ1) is 21.4. The van der Waals surface area contributed by atoms with Crippen LogP contribution in [-0.2, 0) is 4.74 Å². The third-order valence-corrected chi connectivity index (χ3v) is 12.0. The molecule has 0 unspecified atom stereocenters. The number of hydrogen-bond donors (Lipinski definition) is 3. The normalized spacial score (nSPS) is 63.3. The van der Waals surface area contributed by atoms with Crippen molar-refractivity contribution in [1.82, 2.24) is 5.32 Å². The summed E-state index contributed by atoms with van der Waals surface area (Å²) in [7, 11) is 0. The second-order valence-electron chi connectivity index (χ2n) is 13.4. The molecule has 4 aliphatic carbocycles. The quantitative estimate of drug-likeness (QED) is 0.534. The third-order valence-electron chi connectivity index (χ3n) is 12.0. The predicted molar refractivity (Wildman–Crippen MR) is 121 cm³/mol. The second kappa shape index (κ2) is 6.93. The van der Waals surface area contributed by atoms with Crippen LogP contribution in [0.25, 0.3) is 0 Å². The first-order valence-electron chi connectivity index (χ1n) is 13.5. The van der Waals surface area contributed by atoms with Crippen LogP contribution in [0.4, 0.5) is 0 Å². The molecule has 4 heteroatoms. The van der Waals surface area contributed by atoms with Crippen molar-refractivity contribution in [3.63, 3.8) is 0 Å². The Balaban J connectivity index is 1.30. The van der Waals surface area contributed by atoms with Gasteiger partial charge in [0.15, 0.2) is 5.79 Å². The molecule has 0 aromatic heterocycles. The van der Waals surface area contributed by atoms with Crippen LogP contribution in [0.5, 0.6) is 0 Å². The van der Waals surface area contributed by atoms with Crippen molar-refractivity contribution in [2.45, 2.75) is 110 Å². The summed E-state index contributed by atoms with van der Waals surface area (Å²) in [5.74, 6) is 3.57. The number of aliphatic hydroxyl groups is 2. The van der Waals surface area contributed by atoms with E-state index in [0.717, 1.165) is 55.9 Å². The van der Waals surface area contributed by atoms with Gasteiger partial charge >= 0.3 is 0 Å². The van der Waals surface area contributed by atoms with Gasteiger partial charge in [0.1, 0.15) is 0 Å². The highest BCUT2D eigenvalue weighted by Gasteiger charge is 2.67. The summed E-state index contributed by atoms with van der Waals surface area (Å²) in [4.78, 5) is 0. The summed E-state index contributed by atoms with van der Waals surface area (Å²) in [5.41, 5.74) is 0.765. The molecule has 0 spiro atoms. The predicted octanol–water partition coefficient (Wildman–Crippen LogP) is 4.34. The fourth-order valence-corrected chi connectivity index (χ4v) is 10.7. The molecule has 13 atom stereocenters. The van der Waals surface area contributed by atoms with Crippen molar-refractivity contribution < 1.29 is 14.9 Å². The molecule has 0 aromatic carbocycles. The number of aliphatic hydroxyl groups excluding tert-OH is 1. The number of rotatable bonds is 0. The smallest absolute Gasteiger partial charge is 0.181 e. The van der Waals surface area contributed by atoms with E-state index in [1.165, 1.54) is 32.1 Å². The highest BCUT2D eigenvalue weighted by atomic mass is 16.6. The fraction of sp³-hybridized carbons (Fsp3) is 1.00. The van der Waals surface area contributed by atoms with Crippen LogP contribution in [0.3, 0.4) is 0 Å². The Kier molecular flexibility index (Phi) is 4.78. The Morgan fingerprint density at radius 3 is 2.52 bits per heavy atom. The number of ether oxygens (including phenoxy) is 1. The van der Waals surface area contributed by atoms with Crippen molar-refractivity contribution in [2.75, 3.05) is 6.54 Å². The highest BCUT2D eigenvalue weighted by Crippen LogP contribution is 2.70. The van der Waals surface area contributed by atoms with Crippen LogP contribution in [0.2, 0.25) is 0 Å². The summed E-state index contributed by atoms with van der Waals surface area (Å²) >= 11 is 0. The number of nitrogens with one attached hydrogen (secondary N) is 1. The van der Waals surface area contributed by atoms with Crippen molar-refractivity contribution in [1.29, 1.82) is 0 Å². The molecule has 0 bridgehead atoms. The lowest BCUT2D eigenvalue weighted by Gasteiger charge is -2.62. The Morgan fingerprint density at radius 1 is 0.935 bits per heavy atom. The van der Waals surface area contributed by atoms with Gasteiger partial charge in [0, 0.05) is 6.42 Å². The summed E-state index contributed by atoms with van der Waals surface area (Å²) in [6.45, 7) is 10.8. The molecule has 4 nitrogen and oxygen atoms in total. The number of fused-ring (bicyclic) bond motifs is 8. The van der Waals surface area contributed by atoms with E-state index in [1.807, 2.05) is 0 Å². The SMILES string of the molecule is C[C@H]1CN[C@@H]2[C@@H](C)[C@H]3[C@@H](C[C@H]4[C@@H]5CC[C@H]6C[C@@H](O)CC[C@]6(C)[C@H]5CC[C@]34C)O[C@@]2(O)C1. The van der Waals surface area contributed by atoms with Gasteiger partial charge in [0.25, 0.3) is 0 Å². The fourth-order valence-electron chi connectivity index (χ4n) is 10.7. The molecule has 6 rings (SSSR count). The molecule has 0 aromatic rings. The van der Waals surface area contributed by atoms with Crippen molar-refractivity contribution in [3.8, 4) is 0 Å². The second-order valence-corrected chi connectivity index (χ2v) is 13.4. The number of hydrogen-bond acceptors (Lipinski definition) is 4. The standard InChI is InChI=1S/C27H45NO3/c1-15-13-27(30)24(28-14-15)16(2)23-22(31-27)12-21-19-6-5-17-11-18(29)7-9-25(17,3)20(19)8-10-26(21,23)4/h15-24,28-30H,5-14H2,1-4H3/t15-,16+,17+,18+,19-,20+,21+,22-,23+,24-,25+,26+,27+/m1/s1. The van der Waals surface area contributed by atoms with Crippen molar-refractivity contribution >= 4 is 0 Å². The van der Waals surface area contributed by atoms with E-state index in [4.69, 9.17) is 4.74 Å². The zero-order chi connectivity index (χ0) is 21.8. The Labute approximate surface area is 188 Å². The van der Waals surface area contributed by atoms with Crippen molar-refractivity contribution in [3.05, 3.63) is 0 Å². The van der Waals surface area contributed by atoms with Crippen LogP contribution >= 0.6 is 0 Å². The van der Waals surface area contributed by atoms with Gasteiger partial charge in [0.2, 0.25) is 0 Å². The van der Waals surface area contributed by atoms with E-state index < -0.39 is 5.79 Å². The topological polar surface area (TPSA) is 61.7 Å². The summed E-state index contributed by atoms with van der Waals surface area (Å²) in [6, 6.07) is 0.0753. The molecular formula is C27H45NO3. The van der Waals surface area contributed by atoms with E-state index >= 15 is 0 Å². The third kappa shape index (κ3) is 2.87. The van der Waals surface area contributed by atoms with Crippen LogP contribution < -0.4 is 5.32 Å². The first-order valence-corrected chi connectivity index (χ1v) is 13.5. The minimum absolute atomic E-state index is 0.0638. The lowest BCUT2D eigenvalue weighted by atomic mass is 9.44. The van der Waals surface area contributed by atoms with Crippen LogP contribution in [-0.4, -0.2) is 40.8 Å². The van der Waals surface area contributed by atoms with E-state index in [2.05, 4.69) is 33.0 Å². The maximum Gasteiger partial charge on any atom is 0.181 e. The monoisotopic (exact) mass is 431 g/mol. The van der Waals surface area contributed by atoms with Gasteiger partial charge in [0.05, 0.1) is 18.2 Å². The van der Waals surface area contributed by atoms with Gasteiger partial charge in [-0.3, -0.25) is 0 Å². The lowest BCUT2D eigenvalue weighted by Crippen LogP contribution is -2.68. The van der Waals surface area contributed by atoms with Crippen LogP contribution in [0.1, 0.15) is 85.5 Å². The molecule has 176 valence electrons. The molecule has 4 saturated carbocycles. The summed E-state index contributed by atoms with van der Waals surface area (Å²) < 4.78 is 6.69. The Morgan fingerprint density at radius 2 is 1.71 bits per heavy atom. The molecule has 6 aliphatic rings. The highest BCUT2D eigenvalue weighted by molar-refractivity contribution is 5.15. The molecule has 31 heavy (non-hydrogen) atoms. The average molecular weight is 432 g/mol. The van der Waals surface area contributed by atoms with Gasteiger partial charge in [-0.25, -0.2) is 0 Å². The summed E-state index contributed by atoms with van der Waals surface area (Å²) in [5, 5.41) is 25.5. The molecule has 3 N–H and O–H groups in total. The largest absolute Gasteiger partial charge is 0.393 e. The Hall–Kier alpha value is -0.160. The van der Waals surface area contributed by atoms with Crippen molar-refractivity contribution in [2.24, 2.45) is 52.3 Å². The molecule has 2 heterocycles. The Bertz CT molecular complexity index is 729. The lowest BCUT2D eigenvalue weighted by molar-refractivity contribution is -0.311. The minimum Gasteiger partial charge on any atom is -0.393 e. The van der Waals surface area contributed by atoms with Gasteiger partial charge in [-0.15, -0.1) is 0 Å².